The van der Waals surface area contributed by atoms with E-state index in [0.717, 1.165) is 5.56 Å². The second kappa shape index (κ2) is 7.54. The predicted octanol–water partition coefficient (Wildman–Crippen LogP) is 2.21. The number of hydrogen-bond acceptors (Lipinski definition) is 3. The number of benzene rings is 2. The summed E-state index contributed by atoms with van der Waals surface area (Å²) in [6, 6.07) is 18.1. The third-order valence-electron chi connectivity index (χ3n) is 3.33. The van der Waals surface area contributed by atoms with Crippen molar-refractivity contribution < 1.29 is 15.0 Å². The molecule has 0 saturated carbocycles. The maximum absolute atomic E-state index is 12.1. The van der Waals surface area contributed by atoms with Gasteiger partial charge in [-0.1, -0.05) is 60.7 Å². The summed E-state index contributed by atoms with van der Waals surface area (Å²) in [7, 11) is 1.54. The van der Waals surface area contributed by atoms with Crippen molar-refractivity contribution in [1.29, 1.82) is 0 Å². The summed E-state index contributed by atoms with van der Waals surface area (Å²) in [6.07, 6.45) is 0.576. The highest BCUT2D eigenvalue weighted by molar-refractivity contribution is 5.82. The van der Waals surface area contributed by atoms with Gasteiger partial charge in [0.1, 0.15) is 6.10 Å². The largest absolute Gasteiger partial charge is 0.385 e. The number of likely N-dealkylation sites (N-methyl/N-ethyl adjacent to an activating group) is 1. The highest BCUT2D eigenvalue weighted by Crippen LogP contribution is 2.18. The van der Waals surface area contributed by atoms with Gasteiger partial charge in [0, 0.05) is 13.2 Å². The average molecular weight is 297 g/mol. The lowest BCUT2D eigenvalue weighted by atomic mass is 10.0. The zero-order valence-electron chi connectivity index (χ0n) is 12.3. The predicted molar refractivity (Wildman–Crippen MR) is 85.7 cm³/mol. The quantitative estimate of drug-likeness (QED) is 0.889. The number of carbonyl (C=O) groups is 1. The first-order chi connectivity index (χ1) is 10.6. The molecule has 0 aliphatic rings. The van der Waals surface area contributed by atoms with Gasteiger partial charge in [0.15, 0.2) is 6.10 Å². The summed E-state index contributed by atoms with van der Waals surface area (Å²) in [4.78, 5) is 13.4. The van der Waals surface area contributed by atoms with E-state index in [2.05, 4.69) is 0 Å². The van der Waals surface area contributed by atoms with Crippen LogP contribution in [0.2, 0.25) is 0 Å². The zero-order chi connectivity index (χ0) is 15.9. The van der Waals surface area contributed by atoms with E-state index in [1.807, 2.05) is 30.3 Å². The van der Waals surface area contributed by atoms with E-state index >= 15 is 0 Å². The smallest absolute Gasteiger partial charge is 0.258 e. The molecule has 0 fully saturated rings. The number of aliphatic hydroxyl groups is 2. The van der Waals surface area contributed by atoms with Gasteiger partial charge in [0.25, 0.3) is 5.91 Å². The molecule has 2 N–H and O–H groups in total. The molecule has 0 heterocycles. The number of aliphatic hydroxyl groups excluding tert-OH is 2. The lowest BCUT2D eigenvalue weighted by Gasteiger charge is -2.21. The molecule has 0 saturated heterocycles. The number of carbonyl (C=O) groups excluding carboxylic acids is 1. The Morgan fingerprint density at radius 3 is 2.14 bits per heavy atom. The van der Waals surface area contributed by atoms with Gasteiger partial charge in [-0.2, -0.15) is 0 Å². The van der Waals surface area contributed by atoms with Crippen molar-refractivity contribution in [1.82, 2.24) is 4.90 Å². The molecule has 4 heteroatoms. The number of rotatable bonds is 5. The van der Waals surface area contributed by atoms with Crippen LogP contribution in [-0.2, 0) is 4.79 Å². The van der Waals surface area contributed by atoms with Gasteiger partial charge in [-0.3, -0.25) is 4.79 Å². The lowest BCUT2D eigenvalue weighted by Crippen LogP contribution is -2.37. The van der Waals surface area contributed by atoms with Crippen molar-refractivity contribution in [2.45, 2.75) is 12.2 Å². The van der Waals surface area contributed by atoms with Crippen molar-refractivity contribution in [3.05, 3.63) is 78.0 Å². The molecule has 0 aliphatic carbocycles. The molecule has 2 rings (SSSR count). The molecule has 1 amide bonds. The van der Waals surface area contributed by atoms with Crippen LogP contribution in [0.25, 0.3) is 6.08 Å². The second-order valence-electron chi connectivity index (χ2n) is 4.98. The molecule has 4 nitrogen and oxygen atoms in total. The first kappa shape index (κ1) is 15.9. The van der Waals surface area contributed by atoms with E-state index < -0.39 is 18.1 Å². The summed E-state index contributed by atoms with van der Waals surface area (Å²) in [5.41, 5.74) is 1.45. The fraction of sp³-hybridized carbons (Fsp3) is 0.167. The molecule has 0 aromatic heterocycles. The van der Waals surface area contributed by atoms with E-state index in [0.29, 0.717) is 5.56 Å². The van der Waals surface area contributed by atoms with Gasteiger partial charge in [0.2, 0.25) is 0 Å². The van der Waals surface area contributed by atoms with Crippen LogP contribution in [0.3, 0.4) is 0 Å². The highest BCUT2D eigenvalue weighted by atomic mass is 16.3. The number of hydrogen-bond donors (Lipinski definition) is 2. The van der Waals surface area contributed by atoms with Crippen LogP contribution < -0.4 is 0 Å². The number of amides is 1. The topological polar surface area (TPSA) is 60.8 Å². The van der Waals surface area contributed by atoms with E-state index in [1.165, 1.54) is 4.90 Å². The van der Waals surface area contributed by atoms with Gasteiger partial charge in [-0.25, -0.2) is 0 Å². The summed E-state index contributed by atoms with van der Waals surface area (Å²) in [6.45, 7) is 0. The normalized spacial score (nSPS) is 13.8. The molecule has 0 spiro atoms. The SMILES string of the molecule is CN(C=Cc1ccccc1)C(=O)[C@H](O)[C@H](O)c1ccccc1. The molecule has 0 unspecified atom stereocenters. The molecule has 2 aromatic rings. The Bertz CT molecular complexity index is 625. The van der Waals surface area contributed by atoms with Crippen LogP contribution in [0.1, 0.15) is 17.2 Å². The summed E-state index contributed by atoms with van der Waals surface area (Å²) >= 11 is 0. The zero-order valence-corrected chi connectivity index (χ0v) is 12.3. The van der Waals surface area contributed by atoms with Gasteiger partial charge in [0.05, 0.1) is 0 Å². The van der Waals surface area contributed by atoms with Gasteiger partial charge in [-0.05, 0) is 17.2 Å². The molecular weight excluding hydrogens is 278 g/mol. The molecule has 0 bridgehead atoms. The standard InChI is InChI=1S/C18H19NO3/c1-19(13-12-14-8-4-2-5-9-14)18(22)17(21)16(20)15-10-6-3-7-11-15/h2-13,16-17,20-21H,1H3/t16-,17-/m1/s1. The average Bonchev–Trinajstić information content (AvgIpc) is 2.59. The molecule has 2 aromatic carbocycles. The van der Waals surface area contributed by atoms with E-state index in [9.17, 15) is 15.0 Å². The van der Waals surface area contributed by atoms with Crippen LogP contribution in [0.4, 0.5) is 0 Å². The maximum atomic E-state index is 12.1. The van der Waals surface area contributed by atoms with Gasteiger partial charge < -0.3 is 15.1 Å². The van der Waals surface area contributed by atoms with Crippen molar-refractivity contribution in [3.8, 4) is 0 Å². The van der Waals surface area contributed by atoms with Crippen LogP contribution >= 0.6 is 0 Å². The summed E-state index contributed by atoms with van der Waals surface area (Å²) in [5, 5.41) is 20.1. The Hall–Kier alpha value is -2.43. The van der Waals surface area contributed by atoms with Crippen molar-refractivity contribution in [2.24, 2.45) is 0 Å². The molecule has 114 valence electrons. The Morgan fingerprint density at radius 1 is 1.00 bits per heavy atom. The molecular formula is C18H19NO3. The fourth-order valence-corrected chi connectivity index (χ4v) is 2.01. The van der Waals surface area contributed by atoms with Gasteiger partial charge >= 0.3 is 0 Å². The minimum absolute atomic E-state index is 0.504. The Labute approximate surface area is 129 Å². The monoisotopic (exact) mass is 297 g/mol. The number of nitrogens with zero attached hydrogens (tertiary/aromatic N) is 1. The van der Waals surface area contributed by atoms with Crippen LogP contribution in [0.15, 0.2) is 66.9 Å². The van der Waals surface area contributed by atoms with E-state index in [1.54, 1.807) is 49.7 Å². The Morgan fingerprint density at radius 2 is 1.55 bits per heavy atom. The van der Waals surface area contributed by atoms with E-state index in [-0.39, 0.29) is 0 Å². The summed E-state index contributed by atoms with van der Waals surface area (Å²) < 4.78 is 0. The van der Waals surface area contributed by atoms with Crippen LogP contribution in [-0.4, -0.2) is 34.2 Å². The van der Waals surface area contributed by atoms with Crippen molar-refractivity contribution in [3.63, 3.8) is 0 Å². The lowest BCUT2D eigenvalue weighted by molar-refractivity contribution is -0.142. The highest BCUT2D eigenvalue weighted by Gasteiger charge is 2.27. The fourth-order valence-electron chi connectivity index (χ4n) is 2.01. The molecule has 0 aliphatic heterocycles. The maximum Gasteiger partial charge on any atom is 0.258 e. The third-order valence-corrected chi connectivity index (χ3v) is 3.33. The van der Waals surface area contributed by atoms with Gasteiger partial charge in [-0.15, -0.1) is 0 Å². The first-order valence-corrected chi connectivity index (χ1v) is 7.00. The Kier molecular flexibility index (Phi) is 5.47. The van der Waals surface area contributed by atoms with Crippen molar-refractivity contribution >= 4 is 12.0 Å². The second-order valence-corrected chi connectivity index (χ2v) is 4.98. The molecule has 0 radical (unpaired) electrons. The van der Waals surface area contributed by atoms with Crippen LogP contribution in [0, 0.1) is 0 Å². The minimum Gasteiger partial charge on any atom is -0.385 e. The summed E-state index contributed by atoms with van der Waals surface area (Å²) in [5.74, 6) is -0.566. The van der Waals surface area contributed by atoms with Crippen LogP contribution in [0.5, 0.6) is 0 Å². The Balaban J connectivity index is 2.02. The minimum atomic E-state index is -1.51. The van der Waals surface area contributed by atoms with Crippen molar-refractivity contribution in [2.75, 3.05) is 7.05 Å². The third kappa shape index (κ3) is 4.04. The molecule has 22 heavy (non-hydrogen) atoms. The first-order valence-electron chi connectivity index (χ1n) is 7.00. The van der Waals surface area contributed by atoms with E-state index in [4.69, 9.17) is 0 Å². The molecule has 2 atom stereocenters.